The van der Waals surface area contributed by atoms with Crippen LogP contribution < -0.4 is 0 Å². The molecule has 0 aromatic carbocycles. The van der Waals surface area contributed by atoms with Crippen molar-refractivity contribution in [1.29, 1.82) is 0 Å². The van der Waals surface area contributed by atoms with Crippen molar-refractivity contribution in [3.8, 4) is 0 Å². The number of hydrogen-bond donors (Lipinski definition) is 0. The third-order valence-electron chi connectivity index (χ3n) is 4.23. The molecule has 1 radical (unpaired) electrons. The molecule has 4 rings (SSSR count). The second-order valence-electron chi connectivity index (χ2n) is 4.96. The van der Waals surface area contributed by atoms with Crippen molar-refractivity contribution in [1.82, 2.24) is 0 Å². The first-order valence-corrected chi connectivity index (χ1v) is 5.04. The maximum absolute atomic E-state index is 8.00. The molecule has 4 aliphatic carbocycles. The standard InChI is InChI=1S/C10H16N.2CH3.Ti/c11-10-8-2-6-1-7(4-8)5-9(10)3-6;;;/h6-11H,1-5H2;2*1H3;/q3*-1;+3. The molecule has 0 heterocycles. The zero-order valence-corrected chi connectivity index (χ0v) is 11.0. The monoisotopic (exact) mass is 228 g/mol. The maximum Gasteiger partial charge on any atom is 3.00 e. The molecule has 0 aromatic rings. The zero-order chi connectivity index (χ0) is 7.42. The Kier molecular flexibility index (Phi) is 5.39. The van der Waals surface area contributed by atoms with E-state index >= 15 is 0 Å². The van der Waals surface area contributed by atoms with Crippen molar-refractivity contribution >= 4 is 0 Å². The van der Waals surface area contributed by atoms with Gasteiger partial charge in [0.15, 0.2) is 0 Å². The van der Waals surface area contributed by atoms with Gasteiger partial charge in [0, 0.05) is 0 Å². The second kappa shape index (κ2) is 5.14. The predicted octanol–water partition coefficient (Wildman–Crippen LogP) is 3.76. The molecule has 0 amide bonds. The Bertz CT molecular complexity index is 153. The third-order valence-corrected chi connectivity index (χ3v) is 4.23. The summed E-state index contributed by atoms with van der Waals surface area (Å²) >= 11 is 0. The van der Waals surface area contributed by atoms with Gasteiger partial charge in [-0.15, -0.1) is 6.04 Å². The summed E-state index contributed by atoms with van der Waals surface area (Å²) in [6.45, 7) is 0. The molecule has 1 nitrogen and oxygen atoms in total. The molecule has 0 spiro atoms. The van der Waals surface area contributed by atoms with Crippen molar-refractivity contribution < 1.29 is 21.7 Å². The van der Waals surface area contributed by atoms with E-state index in [1.807, 2.05) is 0 Å². The Labute approximate surface area is 104 Å². The molecule has 1 N–H and O–H groups in total. The van der Waals surface area contributed by atoms with E-state index in [9.17, 15) is 0 Å². The average molecular weight is 228 g/mol. The Morgan fingerprint density at radius 2 is 1.07 bits per heavy atom. The van der Waals surface area contributed by atoms with Gasteiger partial charge in [0.05, 0.1) is 0 Å². The first kappa shape index (κ1) is 14.7. The molecule has 0 aromatic heterocycles. The third kappa shape index (κ3) is 2.10. The van der Waals surface area contributed by atoms with E-state index < -0.39 is 0 Å². The van der Waals surface area contributed by atoms with Gasteiger partial charge >= 0.3 is 21.7 Å². The van der Waals surface area contributed by atoms with Gasteiger partial charge in [-0.25, -0.2) is 0 Å². The normalized spacial score (nSPS) is 47.4. The van der Waals surface area contributed by atoms with Crippen molar-refractivity contribution in [3.05, 3.63) is 20.6 Å². The zero-order valence-electron chi connectivity index (χ0n) is 9.42. The van der Waals surface area contributed by atoms with Crippen LogP contribution >= 0.6 is 0 Å². The summed E-state index contributed by atoms with van der Waals surface area (Å²) < 4.78 is 0. The molecular weight excluding hydrogens is 206 g/mol. The van der Waals surface area contributed by atoms with E-state index in [0.717, 1.165) is 23.7 Å². The Morgan fingerprint density at radius 1 is 0.714 bits per heavy atom. The molecule has 4 fully saturated rings. The number of hydrogen-bond acceptors (Lipinski definition) is 0. The van der Waals surface area contributed by atoms with Crippen molar-refractivity contribution in [2.75, 3.05) is 0 Å². The van der Waals surface area contributed by atoms with Crippen LogP contribution in [0.3, 0.4) is 0 Å². The summed E-state index contributed by atoms with van der Waals surface area (Å²) in [6, 6.07) is 0.336. The molecule has 4 bridgehead atoms. The van der Waals surface area contributed by atoms with Gasteiger partial charge < -0.3 is 20.6 Å². The van der Waals surface area contributed by atoms with Crippen LogP contribution in [0.2, 0.25) is 0 Å². The molecule has 0 saturated heterocycles. The van der Waals surface area contributed by atoms with Gasteiger partial charge in [0.25, 0.3) is 0 Å². The largest absolute Gasteiger partial charge is 3.00 e. The van der Waals surface area contributed by atoms with Crippen molar-refractivity contribution in [3.63, 3.8) is 0 Å². The molecule has 4 aliphatic rings. The Balaban J connectivity index is 0.000000563. The van der Waals surface area contributed by atoms with Gasteiger partial charge in [-0.2, -0.15) is 0 Å². The van der Waals surface area contributed by atoms with Crippen molar-refractivity contribution in [2.24, 2.45) is 23.7 Å². The summed E-state index contributed by atoms with van der Waals surface area (Å²) in [5.74, 6) is 3.70. The van der Waals surface area contributed by atoms with Gasteiger partial charge in [-0.3, -0.25) is 0 Å². The topological polar surface area (TPSA) is 23.8 Å². The van der Waals surface area contributed by atoms with E-state index in [2.05, 4.69) is 0 Å². The smallest absolute Gasteiger partial charge is 0.674 e. The van der Waals surface area contributed by atoms with Crippen molar-refractivity contribution in [2.45, 2.75) is 38.1 Å². The minimum absolute atomic E-state index is 0. The Hall–Kier alpha value is 0.674. The predicted molar refractivity (Wildman–Crippen MR) is 58.0 cm³/mol. The molecule has 0 unspecified atom stereocenters. The van der Waals surface area contributed by atoms with E-state index in [1.54, 1.807) is 0 Å². The first-order chi connectivity index (χ1) is 5.33. The van der Waals surface area contributed by atoms with Crippen LogP contribution in [0.15, 0.2) is 0 Å². The quantitative estimate of drug-likeness (QED) is 0.445. The fourth-order valence-corrected chi connectivity index (χ4v) is 3.93. The molecule has 79 valence electrons. The number of rotatable bonds is 0. The summed E-state index contributed by atoms with van der Waals surface area (Å²) in [5, 5.41) is 0. The first-order valence-electron chi connectivity index (χ1n) is 5.04. The molecule has 14 heavy (non-hydrogen) atoms. The van der Waals surface area contributed by atoms with Crippen LogP contribution in [0.25, 0.3) is 5.73 Å². The summed E-state index contributed by atoms with van der Waals surface area (Å²) in [5.41, 5.74) is 8.00. The van der Waals surface area contributed by atoms with Crippen LogP contribution in [-0.4, -0.2) is 6.04 Å². The van der Waals surface area contributed by atoms with Crippen LogP contribution in [0, 0.1) is 38.5 Å². The molecule has 4 saturated carbocycles. The van der Waals surface area contributed by atoms with Crippen LogP contribution in [0.4, 0.5) is 0 Å². The molecule has 0 aliphatic heterocycles. The molecule has 0 atom stereocenters. The molecular formula is C12H22NTi. The summed E-state index contributed by atoms with van der Waals surface area (Å²) in [4.78, 5) is 0. The fraction of sp³-hybridized carbons (Fsp3) is 0.833. The van der Waals surface area contributed by atoms with E-state index in [-0.39, 0.29) is 36.6 Å². The summed E-state index contributed by atoms with van der Waals surface area (Å²) in [6.07, 6.45) is 7.13. The fourth-order valence-electron chi connectivity index (χ4n) is 3.93. The maximum atomic E-state index is 8.00. The van der Waals surface area contributed by atoms with Gasteiger partial charge in [0.2, 0.25) is 0 Å². The van der Waals surface area contributed by atoms with E-state index in [0.29, 0.717) is 6.04 Å². The van der Waals surface area contributed by atoms with E-state index in [4.69, 9.17) is 5.73 Å². The minimum atomic E-state index is 0. The van der Waals surface area contributed by atoms with Gasteiger partial charge in [-0.05, 0) is 43.9 Å². The minimum Gasteiger partial charge on any atom is -0.674 e. The SMILES string of the molecule is [CH3-].[CH3-].[NH-]C1C2CC3CC(C2)CC1C3.[Ti+3]. The van der Waals surface area contributed by atoms with Gasteiger partial charge in [0.1, 0.15) is 0 Å². The number of nitrogens with one attached hydrogen (secondary N) is 1. The van der Waals surface area contributed by atoms with Crippen LogP contribution in [-0.2, 0) is 21.7 Å². The van der Waals surface area contributed by atoms with Crippen LogP contribution in [0.5, 0.6) is 0 Å². The average Bonchev–Trinajstić information content (AvgIpc) is 1.98. The summed E-state index contributed by atoms with van der Waals surface area (Å²) in [7, 11) is 0. The van der Waals surface area contributed by atoms with E-state index in [1.165, 1.54) is 32.1 Å². The molecule has 2 heteroatoms. The van der Waals surface area contributed by atoms with Crippen LogP contribution in [0.1, 0.15) is 32.1 Å². The second-order valence-corrected chi connectivity index (χ2v) is 4.96. The Morgan fingerprint density at radius 3 is 1.43 bits per heavy atom. The van der Waals surface area contributed by atoms with Gasteiger partial charge in [-0.1, -0.05) is 11.8 Å².